The molecule has 5 rings (SSSR count). The Morgan fingerprint density at radius 2 is 1.94 bits per heavy atom. The zero-order chi connectivity index (χ0) is 22.3. The molecule has 2 amide bonds. The largest absolute Gasteiger partial charge is 0.433 e. The summed E-state index contributed by atoms with van der Waals surface area (Å²) in [5, 5.41) is 7.91. The predicted octanol–water partition coefficient (Wildman–Crippen LogP) is 3.86. The molecular weight excluding hydrogens is 421 g/mol. The van der Waals surface area contributed by atoms with Gasteiger partial charge >= 0.3 is 12.2 Å². The number of carbonyl (C=O) groups is 1. The van der Waals surface area contributed by atoms with Gasteiger partial charge in [0.15, 0.2) is 0 Å². The first-order valence-corrected chi connectivity index (χ1v) is 11.2. The molecule has 1 spiro atoms. The van der Waals surface area contributed by atoms with Gasteiger partial charge in [-0.1, -0.05) is 6.07 Å². The summed E-state index contributed by atoms with van der Waals surface area (Å²) >= 11 is 0. The summed E-state index contributed by atoms with van der Waals surface area (Å²) in [6.07, 6.45) is 4.42. The number of rotatable bonds is 3. The molecule has 2 saturated heterocycles. The van der Waals surface area contributed by atoms with E-state index in [-0.39, 0.29) is 17.4 Å². The molecule has 172 valence electrons. The Labute approximate surface area is 184 Å². The van der Waals surface area contributed by atoms with Crippen LogP contribution in [0.5, 0.6) is 0 Å². The fraction of sp³-hybridized carbons (Fsp3) is 0.636. The number of pyridine rings is 1. The molecule has 2 aliphatic heterocycles. The monoisotopic (exact) mass is 448 g/mol. The first kappa shape index (κ1) is 21.2. The lowest BCUT2D eigenvalue weighted by Gasteiger charge is -2.54. The molecule has 32 heavy (non-hydrogen) atoms. The van der Waals surface area contributed by atoms with Gasteiger partial charge in [-0.25, -0.2) is 4.79 Å². The average Bonchev–Trinajstić information content (AvgIpc) is 3.44. The second-order valence-corrected chi connectivity index (χ2v) is 9.64. The van der Waals surface area contributed by atoms with Gasteiger partial charge in [0.05, 0.1) is 0 Å². The standard InChI is InChI=1S/C22H27F3N6O/c23-22(24,25)18-2-1-16(10-26-18)9-15-3-6-21(7-4-15)12-31(13-21)20(32)30-8-5-17(11-30)19-27-14-28-29-19/h1-2,10,14-15,17H,3-9,11-13H2,(H,27,28,29)/t17-/m0/s1. The lowest BCUT2D eigenvalue weighted by molar-refractivity contribution is -0.141. The Bertz CT molecular complexity index is 930. The van der Waals surface area contributed by atoms with E-state index in [4.69, 9.17) is 0 Å². The molecule has 0 unspecified atom stereocenters. The minimum absolute atomic E-state index is 0.121. The van der Waals surface area contributed by atoms with Crippen LogP contribution in [0.2, 0.25) is 0 Å². The lowest BCUT2D eigenvalue weighted by Crippen LogP contribution is -2.62. The summed E-state index contributed by atoms with van der Waals surface area (Å²) in [6, 6.07) is 2.74. The van der Waals surface area contributed by atoms with Crippen LogP contribution in [0.3, 0.4) is 0 Å². The van der Waals surface area contributed by atoms with Gasteiger partial charge in [0.1, 0.15) is 17.8 Å². The summed E-state index contributed by atoms with van der Waals surface area (Å²) in [5.74, 6) is 1.54. The minimum atomic E-state index is -4.39. The summed E-state index contributed by atoms with van der Waals surface area (Å²) < 4.78 is 38.0. The van der Waals surface area contributed by atoms with Crippen LogP contribution in [-0.4, -0.2) is 62.2 Å². The summed E-state index contributed by atoms with van der Waals surface area (Å²) in [5.41, 5.74) is 0.238. The molecule has 0 radical (unpaired) electrons. The normalized spacial score (nSPS) is 23.5. The number of alkyl halides is 3. The molecule has 1 saturated carbocycles. The maximum absolute atomic E-state index is 12.9. The number of aromatic amines is 1. The van der Waals surface area contributed by atoms with Crippen molar-refractivity contribution in [1.29, 1.82) is 0 Å². The summed E-state index contributed by atoms with van der Waals surface area (Å²) in [6.45, 7) is 3.05. The summed E-state index contributed by atoms with van der Waals surface area (Å²) in [4.78, 5) is 23.4. The van der Waals surface area contributed by atoms with Crippen molar-refractivity contribution >= 4 is 6.03 Å². The van der Waals surface area contributed by atoms with E-state index in [2.05, 4.69) is 20.2 Å². The molecule has 1 aliphatic carbocycles. The number of nitrogens with one attached hydrogen (secondary N) is 1. The SMILES string of the molecule is O=C(N1CC[C@H](c2nnc[nH]2)C1)N1CC2(CCC(Cc3ccc(C(F)(F)F)nc3)CC2)C1. The van der Waals surface area contributed by atoms with Crippen molar-refractivity contribution in [3.8, 4) is 0 Å². The second-order valence-electron chi connectivity index (χ2n) is 9.64. The fourth-order valence-electron chi connectivity index (χ4n) is 5.53. The molecule has 1 N–H and O–H groups in total. The van der Waals surface area contributed by atoms with Crippen LogP contribution in [0.1, 0.15) is 55.1 Å². The Morgan fingerprint density at radius 3 is 2.56 bits per heavy atom. The van der Waals surface area contributed by atoms with Crippen LogP contribution < -0.4 is 0 Å². The molecule has 4 heterocycles. The molecule has 0 aromatic carbocycles. The van der Waals surface area contributed by atoms with Gasteiger partial charge in [-0.15, -0.1) is 10.2 Å². The summed E-state index contributed by atoms with van der Waals surface area (Å²) in [7, 11) is 0. The van der Waals surface area contributed by atoms with E-state index in [1.54, 1.807) is 12.4 Å². The van der Waals surface area contributed by atoms with Gasteiger partial charge in [-0.05, 0) is 56.1 Å². The number of carbonyl (C=O) groups excluding carboxylic acids is 1. The third kappa shape index (κ3) is 4.19. The second kappa shape index (κ2) is 8.04. The van der Waals surface area contributed by atoms with Crippen LogP contribution in [-0.2, 0) is 12.6 Å². The minimum Gasteiger partial charge on any atom is -0.331 e. The molecule has 2 aromatic rings. The van der Waals surface area contributed by atoms with Gasteiger partial charge in [-0.2, -0.15) is 13.2 Å². The van der Waals surface area contributed by atoms with Crippen molar-refractivity contribution in [2.45, 2.75) is 50.6 Å². The first-order chi connectivity index (χ1) is 15.3. The van der Waals surface area contributed by atoms with Crippen molar-refractivity contribution in [2.75, 3.05) is 26.2 Å². The quantitative estimate of drug-likeness (QED) is 0.774. The van der Waals surface area contributed by atoms with Crippen molar-refractivity contribution in [1.82, 2.24) is 30.0 Å². The molecule has 10 heteroatoms. The van der Waals surface area contributed by atoms with Crippen molar-refractivity contribution in [3.63, 3.8) is 0 Å². The van der Waals surface area contributed by atoms with E-state index >= 15 is 0 Å². The number of halogens is 3. The highest BCUT2D eigenvalue weighted by Gasteiger charge is 2.48. The Morgan fingerprint density at radius 1 is 1.16 bits per heavy atom. The molecule has 3 fully saturated rings. The van der Waals surface area contributed by atoms with E-state index in [9.17, 15) is 18.0 Å². The number of likely N-dealkylation sites (tertiary alicyclic amines) is 2. The van der Waals surface area contributed by atoms with Crippen LogP contribution in [0.15, 0.2) is 24.7 Å². The molecule has 2 aromatic heterocycles. The van der Waals surface area contributed by atoms with Crippen LogP contribution in [0.4, 0.5) is 18.0 Å². The Kier molecular flexibility index (Phi) is 5.33. The molecule has 7 nitrogen and oxygen atoms in total. The topological polar surface area (TPSA) is 78.0 Å². The van der Waals surface area contributed by atoms with Gasteiger partial charge in [0, 0.05) is 43.7 Å². The molecular formula is C22H27F3N6O. The number of hydrogen-bond acceptors (Lipinski definition) is 4. The van der Waals surface area contributed by atoms with E-state index in [1.807, 2.05) is 9.80 Å². The van der Waals surface area contributed by atoms with Crippen molar-refractivity contribution < 1.29 is 18.0 Å². The van der Waals surface area contributed by atoms with Crippen molar-refractivity contribution in [2.24, 2.45) is 11.3 Å². The first-order valence-electron chi connectivity index (χ1n) is 11.2. The van der Waals surface area contributed by atoms with Crippen LogP contribution in [0, 0.1) is 11.3 Å². The number of hydrogen-bond donors (Lipinski definition) is 1. The molecule has 1 atom stereocenters. The maximum Gasteiger partial charge on any atom is 0.433 e. The zero-order valence-electron chi connectivity index (χ0n) is 17.8. The molecule has 3 aliphatic rings. The van der Waals surface area contributed by atoms with E-state index in [0.717, 1.165) is 75.6 Å². The third-order valence-electron chi connectivity index (χ3n) is 7.41. The Balaban J connectivity index is 1.08. The predicted molar refractivity (Wildman–Crippen MR) is 110 cm³/mol. The maximum atomic E-state index is 12.9. The van der Waals surface area contributed by atoms with Crippen LogP contribution in [0.25, 0.3) is 0 Å². The number of nitrogens with zero attached hydrogens (tertiary/aromatic N) is 5. The van der Waals surface area contributed by atoms with E-state index in [0.29, 0.717) is 12.5 Å². The highest BCUT2D eigenvalue weighted by atomic mass is 19.4. The fourth-order valence-corrected chi connectivity index (χ4v) is 5.53. The van der Waals surface area contributed by atoms with Gasteiger partial charge in [-0.3, -0.25) is 4.98 Å². The number of amides is 2. The number of aromatic nitrogens is 4. The van der Waals surface area contributed by atoms with Crippen molar-refractivity contribution in [3.05, 3.63) is 41.7 Å². The van der Waals surface area contributed by atoms with Gasteiger partial charge < -0.3 is 14.8 Å². The lowest BCUT2D eigenvalue weighted by atomic mass is 9.65. The highest BCUT2D eigenvalue weighted by Crippen LogP contribution is 2.46. The van der Waals surface area contributed by atoms with Gasteiger partial charge in [0.2, 0.25) is 0 Å². The van der Waals surface area contributed by atoms with E-state index in [1.165, 1.54) is 6.20 Å². The zero-order valence-corrected chi connectivity index (χ0v) is 17.8. The van der Waals surface area contributed by atoms with Gasteiger partial charge in [0.25, 0.3) is 0 Å². The molecule has 0 bridgehead atoms. The average molecular weight is 448 g/mol. The number of urea groups is 1. The van der Waals surface area contributed by atoms with E-state index < -0.39 is 11.9 Å². The van der Waals surface area contributed by atoms with Crippen LogP contribution >= 0.6 is 0 Å². The highest BCUT2D eigenvalue weighted by molar-refractivity contribution is 5.76. The number of H-pyrrole nitrogens is 1. The smallest absolute Gasteiger partial charge is 0.331 e. The Hall–Kier alpha value is -2.65. The third-order valence-corrected chi connectivity index (χ3v) is 7.41.